The van der Waals surface area contributed by atoms with Gasteiger partial charge in [0.25, 0.3) is 0 Å². The quantitative estimate of drug-likeness (QED) is 0.781. The Bertz CT molecular complexity index is 459. The third-order valence-corrected chi connectivity index (χ3v) is 1.99. The first kappa shape index (κ1) is 9.72. The number of tetrazole rings is 1. The molecule has 0 radical (unpaired) electrons. The number of nitrogens with zero attached hydrogens (tertiary/aromatic N) is 4. The minimum Gasteiger partial charge on any atom is -0.324 e. The van der Waals surface area contributed by atoms with E-state index in [4.69, 9.17) is 5.73 Å². The summed E-state index contributed by atoms with van der Waals surface area (Å²) < 4.78 is 14.6. The van der Waals surface area contributed by atoms with Gasteiger partial charge in [0.05, 0.1) is 12.2 Å². The van der Waals surface area contributed by atoms with Crippen molar-refractivity contribution in [3.63, 3.8) is 0 Å². The Kier molecular flexibility index (Phi) is 2.42. The molecule has 5 nitrogen and oxygen atoms in total. The zero-order chi connectivity index (χ0) is 10.8. The van der Waals surface area contributed by atoms with Crippen LogP contribution in [0.3, 0.4) is 0 Å². The molecule has 0 saturated carbocycles. The average Bonchev–Trinajstić information content (AvgIpc) is 2.63. The van der Waals surface area contributed by atoms with E-state index >= 15 is 0 Å². The fourth-order valence-corrected chi connectivity index (χ4v) is 1.37. The molecular weight excluding hydrogens is 197 g/mol. The van der Waals surface area contributed by atoms with Gasteiger partial charge in [-0.2, -0.15) is 4.68 Å². The number of hydrogen-bond donors (Lipinski definition) is 1. The smallest absolute Gasteiger partial charge is 0.170 e. The number of aryl methyl sites for hydroxylation is 1. The molecule has 6 heteroatoms. The Morgan fingerprint density at radius 3 is 2.87 bits per heavy atom. The van der Waals surface area contributed by atoms with Gasteiger partial charge in [-0.3, -0.25) is 0 Å². The van der Waals surface area contributed by atoms with Gasteiger partial charge in [-0.25, -0.2) is 4.39 Å². The topological polar surface area (TPSA) is 69.6 Å². The van der Waals surface area contributed by atoms with Crippen LogP contribution in [-0.2, 0) is 6.54 Å². The Morgan fingerprint density at radius 1 is 1.40 bits per heavy atom. The number of rotatable bonds is 2. The summed E-state index contributed by atoms with van der Waals surface area (Å²) in [5, 5.41) is 11.0. The van der Waals surface area contributed by atoms with Gasteiger partial charge < -0.3 is 5.73 Å². The van der Waals surface area contributed by atoms with Crippen LogP contribution in [0.2, 0.25) is 0 Å². The molecule has 0 amide bonds. The van der Waals surface area contributed by atoms with Gasteiger partial charge in [-0.1, -0.05) is 0 Å². The SMILES string of the molecule is Cc1cc(F)cc(-n2nnnc2CN)c1. The van der Waals surface area contributed by atoms with Crippen molar-refractivity contribution in [3.8, 4) is 5.69 Å². The van der Waals surface area contributed by atoms with E-state index in [1.165, 1.54) is 16.8 Å². The van der Waals surface area contributed by atoms with Gasteiger partial charge >= 0.3 is 0 Å². The molecule has 0 unspecified atom stereocenters. The lowest BCUT2D eigenvalue weighted by Gasteiger charge is -2.04. The van der Waals surface area contributed by atoms with E-state index in [0.29, 0.717) is 11.5 Å². The largest absolute Gasteiger partial charge is 0.324 e. The number of halogens is 1. The third kappa shape index (κ3) is 1.84. The summed E-state index contributed by atoms with van der Waals surface area (Å²) in [5.74, 6) is 0.184. The van der Waals surface area contributed by atoms with E-state index in [9.17, 15) is 4.39 Å². The average molecular weight is 207 g/mol. The molecule has 0 aliphatic rings. The van der Waals surface area contributed by atoms with E-state index < -0.39 is 0 Å². The van der Waals surface area contributed by atoms with Gasteiger partial charge in [-0.15, -0.1) is 5.10 Å². The van der Waals surface area contributed by atoms with Crippen LogP contribution in [-0.4, -0.2) is 20.2 Å². The maximum Gasteiger partial charge on any atom is 0.170 e. The van der Waals surface area contributed by atoms with Gasteiger partial charge in [-0.05, 0) is 41.1 Å². The highest BCUT2D eigenvalue weighted by atomic mass is 19.1. The fraction of sp³-hybridized carbons (Fsp3) is 0.222. The molecule has 78 valence electrons. The summed E-state index contributed by atoms with van der Waals surface area (Å²) in [6.45, 7) is 2.02. The van der Waals surface area contributed by atoms with Crippen LogP contribution in [0.4, 0.5) is 4.39 Å². The van der Waals surface area contributed by atoms with Crippen LogP contribution in [0.25, 0.3) is 5.69 Å². The van der Waals surface area contributed by atoms with Gasteiger partial charge in [0.15, 0.2) is 5.82 Å². The molecular formula is C9H10FN5. The molecule has 2 N–H and O–H groups in total. The second kappa shape index (κ2) is 3.74. The highest BCUT2D eigenvalue weighted by Gasteiger charge is 2.07. The lowest BCUT2D eigenvalue weighted by molar-refractivity contribution is 0.622. The van der Waals surface area contributed by atoms with E-state index in [1.807, 2.05) is 0 Å². The summed E-state index contributed by atoms with van der Waals surface area (Å²) in [6.07, 6.45) is 0. The Hall–Kier alpha value is -1.82. The second-order valence-electron chi connectivity index (χ2n) is 3.20. The lowest BCUT2D eigenvalue weighted by Crippen LogP contribution is -2.08. The van der Waals surface area contributed by atoms with Crippen molar-refractivity contribution in [2.45, 2.75) is 13.5 Å². The molecule has 1 aromatic heterocycles. The van der Waals surface area contributed by atoms with E-state index in [-0.39, 0.29) is 12.4 Å². The number of hydrogen-bond acceptors (Lipinski definition) is 4. The molecule has 2 rings (SSSR count). The van der Waals surface area contributed by atoms with Crippen molar-refractivity contribution in [2.24, 2.45) is 5.73 Å². The lowest BCUT2D eigenvalue weighted by atomic mass is 10.2. The van der Waals surface area contributed by atoms with Crippen molar-refractivity contribution >= 4 is 0 Å². The fourth-order valence-electron chi connectivity index (χ4n) is 1.37. The number of aromatic nitrogens is 4. The van der Waals surface area contributed by atoms with Crippen LogP contribution in [0.5, 0.6) is 0 Å². The number of nitrogens with two attached hydrogens (primary N) is 1. The highest BCUT2D eigenvalue weighted by molar-refractivity contribution is 5.35. The van der Waals surface area contributed by atoms with Crippen LogP contribution < -0.4 is 5.73 Å². The number of benzene rings is 1. The van der Waals surface area contributed by atoms with Crippen molar-refractivity contribution in [3.05, 3.63) is 35.4 Å². The molecule has 1 aromatic carbocycles. The second-order valence-corrected chi connectivity index (χ2v) is 3.20. The summed E-state index contributed by atoms with van der Waals surface area (Å²) in [5.41, 5.74) is 6.84. The molecule has 0 fully saturated rings. The third-order valence-electron chi connectivity index (χ3n) is 1.99. The summed E-state index contributed by atoms with van der Waals surface area (Å²) >= 11 is 0. The zero-order valence-corrected chi connectivity index (χ0v) is 8.18. The zero-order valence-electron chi connectivity index (χ0n) is 8.18. The Balaban J connectivity index is 2.53. The molecule has 0 aliphatic heterocycles. The van der Waals surface area contributed by atoms with Crippen molar-refractivity contribution in [1.29, 1.82) is 0 Å². The Labute approximate surface area is 85.7 Å². The first-order valence-corrected chi connectivity index (χ1v) is 4.45. The molecule has 0 atom stereocenters. The molecule has 0 aliphatic carbocycles. The Morgan fingerprint density at radius 2 is 2.20 bits per heavy atom. The molecule has 1 heterocycles. The summed E-state index contributed by atoms with van der Waals surface area (Å²) in [4.78, 5) is 0. The molecule has 15 heavy (non-hydrogen) atoms. The van der Waals surface area contributed by atoms with Crippen LogP contribution in [0.1, 0.15) is 11.4 Å². The maximum absolute atomic E-state index is 13.1. The van der Waals surface area contributed by atoms with Gasteiger partial charge in [0.2, 0.25) is 0 Å². The summed E-state index contributed by atoms with van der Waals surface area (Å²) in [7, 11) is 0. The van der Waals surface area contributed by atoms with Crippen molar-refractivity contribution < 1.29 is 4.39 Å². The molecule has 2 aromatic rings. The van der Waals surface area contributed by atoms with Crippen LogP contribution in [0.15, 0.2) is 18.2 Å². The maximum atomic E-state index is 13.1. The van der Waals surface area contributed by atoms with Gasteiger partial charge in [0.1, 0.15) is 5.82 Å². The van der Waals surface area contributed by atoms with Crippen molar-refractivity contribution in [1.82, 2.24) is 20.2 Å². The predicted molar refractivity (Wildman–Crippen MR) is 51.7 cm³/mol. The standard InChI is InChI=1S/C9H10FN5/c1-6-2-7(10)4-8(3-6)15-9(5-11)12-13-14-15/h2-4H,5,11H2,1H3. The van der Waals surface area contributed by atoms with Crippen LogP contribution in [0, 0.1) is 12.7 Å². The first-order chi connectivity index (χ1) is 7.20. The molecule has 0 bridgehead atoms. The van der Waals surface area contributed by atoms with Crippen LogP contribution >= 0.6 is 0 Å². The van der Waals surface area contributed by atoms with E-state index in [1.54, 1.807) is 13.0 Å². The normalized spacial score (nSPS) is 10.6. The first-order valence-electron chi connectivity index (χ1n) is 4.45. The predicted octanol–water partition coefficient (Wildman–Crippen LogP) is 0.569. The van der Waals surface area contributed by atoms with E-state index in [2.05, 4.69) is 15.5 Å². The van der Waals surface area contributed by atoms with Gasteiger partial charge in [0, 0.05) is 0 Å². The highest BCUT2D eigenvalue weighted by Crippen LogP contribution is 2.12. The molecule has 0 saturated heterocycles. The monoisotopic (exact) mass is 207 g/mol. The summed E-state index contributed by atoms with van der Waals surface area (Å²) in [6, 6.07) is 4.59. The minimum atomic E-state index is -0.316. The van der Waals surface area contributed by atoms with Crippen molar-refractivity contribution in [2.75, 3.05) is 0 Å². The molecule has 0 spiro atoms. The minimum absolute atomic E-state index is 0.211. The van der Waals surface area contributed by atoms with E-state index in [0.717, 1.165) is 5.56 Å².